The van der Waals surface area contributed by atoms with Crippen LogP contribution in [0.4, 0.5) is 0 Å². The third-order valence-electron chi connectivity index (χ3n) is 2.77. The molecule has 6 nitrogen and oxygen atoms in total. The molecule has 1 aliphatic rings. The van der Waals surface area contributed by atoms with Crippen molar-refractivity contribution < 1.29 is 23.8 Å². The van der Waals surface area contributed by atoms with Gasteiger partial charge in [0.1, 0.15) is 5.76 Å². The molecule has 0 aromatic carbocycles. The molecule has 0 bridgehead atoms. The van der Waals surface area contributed by atoms with Gasteiger partial charge in [-0.2, -0.15) is 0 Å². The highest BCUT2D eigenvalue weighted by molar-refractivity contribution is 5.84. The Labute approximate surface area is 104 Å². The minimum absolute atomic E-state index is 0.0104. The number of carbonyl (C=O) groups excluding carboxylic acids is 1. The van der Waals surface area contributed by atoms with Crippen molar-refractivity contribution in [1.82, 2.24) is 5.32 Å². The van der Waals surface area contributed by atoms with E-state index in [1.54, 1.807) is 0 Å². The van der Waals surface area contributed by atoms with Gasteiger partial charge in [-0.3, -0.25) is 4.79 Å². The first-order valence-electron chi connectivity index (χ1n) is 5.85. The fourth-order valence-electron chi connectivity index (χ4n) is 1.86. The summed E-state index contributed by atoms with van der Waals surface area (Å²) in [6, 6.07) is 2.90. The first kappa shape index (κ1) is 12.6. The molecule has 0 aliphatic carbocycles. The molecule has 1 atom stereocenters. The third kappa shape index (κ3) is 3.33. The normalized spacial score (nSPS) is 18.8. The molecular weight excluding hydrogens is 238 g/mol. The molecule has 1 aromatic rings. The molecular formula is C12H15NO5. The number of hydrogen-bond donors (Lipinski definition) is 2. The van der Waals surface area contributed by atoms with Crippen LogP contribution in [0.2, 0.25) is 0 Å². The van der Waals surface area contributed by atoms with Crippen LogP contribution < -0.4 is 5.32 Å². The van der Waals surface area contributed by atoms with Crippen LogP contribution in [0, 0.1) is 0 Å². The minimum atomic E-state index is -1.12. The van der Waals surface area contributed by atoms with E-state index in [1.165, 1.54) is 12.1 Å². The van der Waals surface area contributed by atoms with Gasteiger partial charge in [0.05, 0.1) is 19.1 Å². The highest BCUT2D eigenvalue weighted by atomic mass is 16.5. The summed E-state index contributed by atoms with van der Waals surface area (Å²) in [5.41, 5.74) is 0. The smallest absolute Gasteiger partial charge is 0.371 e. The summed E-state index contributed by atoms with van der Waals surface area (Å²) in [5.74, 6) is -0.937. The van der Waals surface area contributed by atoms with Gasteiger partial charge in [0.2, 0.25) is 11.7 Å². The van der Waals surface area contributed by atoms with Crippen LogP contribution in [-0.2, 0) is 16.1 Å². The van der Waals surface area contributed by atoms with Crippen molar-refractivity contribution >= 4 is 11.9 Å². The summed E-state index contributed by atoms with van der Waals surface area (Å²) in [6.07, 6.45) is 2.26. The maximum atomic E-state index is 11.6. The van der Waals surface area contributed by atoms with E-state index in [1.807, 2.05) is 0 Å². The van der Waals surface area contributed by atoms with Gasteiger partial charge in [0.25, 0.3) is 0 Å². The Bertz CT molecular complexity index is 433. The van der Waals surface area contributed by atoms with Gasteiger partial charge in [-0.1, -0.05) is 0 Å². The zero-order chi connectivity index (χ0) is 13.0. The lowest BCUT2D eigenvalue weighted by Crippen LogP contribution is -2.26. The molecule has 2 heterocycles. The van der Waals surface area contributed by atoms with Crippen LogP contribution >= 0.6 is 0 Å². The largest absolute Gasteiger partial charge is 0.475 e. The van der Waals surface area contributed by atoms with Crippen LogP contribution in [0.5, 0.6) is 0 Å². The molecule has 0 saturated carbocycles. The van der Waals surface area contributed by atoms with Gasteiger partial charge in [-0.25, -0.2) is 4.79 Å². The average Bonchev–Trinajstić information content (AvgIpc) is 2.96. The molecule has 0 radical (unpaired) electrons. The van der Waals surface area contributed by atoms with Crippen molar-refractivity contribution in [3.05, 3.63) is 23.7 Å². The van der Waals surface area contributed by atoms with Gasteiger partial charge >= 0.3 is 5.97 Å². The second-order valence-corrected chi connectivity index (χ2v) is 4.19. The van der Waals surface area contributed by atoms with Gasteiger partial charge < -0.3 is 19.6 Å². The topological polar surface area (TPSA) is 88.8 Å². The van der Waals surface area contributed by atoms with E-state index in [9.17, 15) is 9.59 Å². The molecule has 18 heavy (non-hydrogen) atoms. The number of carbonyl (C=O) groups is 2. The molecule has 6 heteroatoms. The average molecular weight is 253 g/mol. The lowest BCUT2D eigenvalue weighted by molar-refractivity contribution is -0.123. The Hall–Kier alpha value is -1.82. The fourth-order valence-corrected chi connectivity index (χ4v) is 1.86. The summed E-state index contributed by atoms with van der Waals surface area (Å²) < 4.78 is 10.4. The quantitative estimate of drug-likeness (QED) is 0.822. The molecule has 2 N–H and O–H groups in total. The van der Waals surface area contributed by atoms with Crippen LogP contribution in [-0.4, -0.2) is 29.7 Å². The summed E-state index contributed by atoms with van der Waals surface area (Å²) in [4.78, 5) is 22.1. The number of furan rings is 1. The monoisotopic (exact) mass is 253 g/mol. The number of carboxylic acids is 1. The number of carboxylic acid groups (broad SMARTS) is 1. The first-order valence-corrected chi connectivity index (χ1v) is 5.85. The summed E-state index contributed by atoms with van der Waals surface area (Å²) in [6.45, 7) is 0.914. The van der Waals surface area contributed by atoms with E-state index in [-0.39, 0.29) is 24.3 Å². The SMILES string of the molecule is O=C(CC1CCCO1)NCc1ccc(C(=O)O)o1. The maximum Gasteiger partial charge on any atom is 0.371 e. The number of rotatable bonds is 5. The Balaban J connectivity index is 1.76. The van der Waals surface area contributed by atoms with E-state index in [0.29, 0.717) is 12.2 Å². The minimum Gasteiger partial charge on any atom is -0.475 e. The van der Waals surface area contributed by atoms with Crippen LogP contribution in [0.3, 0.4) is 0 Å². The van der Waals surface area contributed by atoms with Crippen LogP contribution in [0.25, 0.3) is 0 Å². The molecule has 2 rings (SSSR count). The van der Waals surface area contributed by atoms with E-state index >= 15 is 0 Å². The first-order chi connectivity index (χ1) is 8.65. The third-order valence-corrected chi connectivity index (χ3v) is 2.77. The Kier molecular flexibility index (Phi) is 3.99. The Morgan fingerprint density at radius 2 is 2.28 bits per heavy atom. The second kappa shape index (κ2) is 5.68. The molecule has 1 aliphatic heterocycles. The van der Waals surface area contributed by atoms with E-state index in [4.69, 9.17) is 14.3 Å². The van der Waals surface area contributed by atoms with E-state index in [2.05, 4.69) is 5.32 Å². The predicted octanol–water partition coefficient (Wildman–Crippen LogP) is 1.16. The van der Waals surface area contributed by atoms with Crippen molar-refractivity contribution in [1.29, 1.82) is 0 Å². The highest BCUT2D eigenvalue weighted by Crippen LogP contribution is 2.15. The van der Waals surface area contributed by atoms with Crippen molar-refractivity contribution in [3.63, 3.8) is 0 Å². The maximum absolute atomic E-state index is 11.6. The molecule has 1 saturated heterocycles. The van der Waals surface area contributed by atoms with Crippen molar-refractivity contribution in [3.8, 4) is 0 Å². The second-order valence-electron chi connectivity index (χ2n) is 4.19. The lowest BCUT2D eigenvalue weighted by Gasteiger charge is -2.08. The van der Waals surface area contributed by atoms with E-state index < -0.39 is 5.97 Å². The summed E-state index contributed by atoms with van der Waals surface area (Å²) >= 11 is 0. The number of hydrogen-bond acceptors (Lipinski definition) is 4. The highest BCUT2D eigenvalue weighted by Gasteiger charge is 2.19. The van der Waals surface area contributed by atoms with Crippen LogP contribution in [0.1, 0.15) is 35.6 Å². The van der Waals surface area contributed by atoms with Crippen molar-refractivity contribution in [2.24, 2.45) is 0 Å². The zero-order valence-corrected chi connectivity index (χ0v) is 9.85. The van der Waals surface area contributed by atoms with Crippen LogP contribution in [0.15, 0.2) is 16.5 Å². The Morgan fingerprint density at radius 1 is 1.44 bits per heavy atom. The van der Waals surface area contributed by atoms with Gasteiger partial charge in [-0.05, 0) is 25.0 Å². The molecule has 1 aromatic heterocycles. The van der Waals surface area contributed by atoms with Gasteiger partial charge in [-0.15, -0.1) is 0 Å². The summed E-state index contributed by atoms with van der Waals surface area (Å²) in [5, 5.41) is 11.3. The molecule has 1 fully saturated rings. The molecule has 1 amide bonds. The number of amides is 1. The lowest BCUT2D eigenvalue weighted by atomic mass is 10.2. The summed E-state index contributed by atoms with van der Waals surface area (Å²) in [7, 11) is 0. The number of nitrogens with one attached hydrogen (secondary N) is 1. The van der Waals surface area contributed by atoms with Crippen molar-refractivity contribution in [2.45, 2.75) is 31.9 Å². The number of aromatic carboxylic acids is 1. The molecule has 0 spiro atoms. The molecule has 1 unspecified atom stereocenters. The standard InChI is InChI=1S/C12H15NO5/c14-11(6-8-2-1-5-17-8)13-7-9-3-4-10(18-9)12(15)16/h3-4,8H,1-2,5-7H2,(H,13,14)(H,15,16). The predicted molar refractivity (Wildman–Crippen MR) is 61.1 cm³/mol. The number of ether oxygens (including phenoxy) is 1. The fraction of sp³-hybridized carbons (Fsp3) is 0.500. The van der Waals surface area contributed by atoms with E-state index in [0.717, 1.165) is 19.4 Å². The van der Waals surface area contributed by atoms with Gasteiger partial charge in [0, 0.05) is 6.61 Å². The Morgan fingerprint density at radius 3 is 2.89 bits per heavy atom. The molecule has 98 valence electrons. The zero-order valence-electron chi connectivity index (χ0n) is 9.85. The van der Waals surface area contributed by atoms with Gasteiger partial charge in [0.15, 0.2) is 0 Å². The van der Waals surface area contributed by atoms with Crippen molar-refractivity contribution in [2.75, 3.05) is 6.61 Å².